The number of hydrogen-bond acceptors (Lipinski definition) is 5. The fraction of sp³-hybridized carbons (Fsp3) is 0.414. The largest absolute Gasteiger partial charge is 0.496 e. The van der Waals surface area contributed by atoms with Crippen LogP contribution in [0.3, 0.4) is 0 Å². The number of ketones is 1. The standard InChI is InChI=1S/C29H33FN4O4/c1-32-11-13-34(14-12-32)29(37)27(35)24-18-31-25-17-26(38-2)23(16-22(24)25)28(36)33-9-7-20(8-10-33)15-19-3-5-21(30)6-4-19/h3-6,16-18,20,31H,7-15H2,1-2H3. The fourth-order valence-electron chi connectivity index (χ4n) is 5.41. The van der Waals surface area contributed by atoms with E-state index in [0.29, 0.717) is 54.3 Å². The van der Waals surface area contributed by atoms with Crippen LogP contribution in [-0.2, 0) is 11.2 Å². The molecule has 2 fully saturated rings. The Kier molecular flexibility index (Phi) is 7.46. The molecule has 0 radical (unpaired) electrons. The first-order valence-electron chi connectivity index (χ1n) is 13.1. The molecular formula is C29H33FN4O4. The minimum absolute atomic E-state index is 0.158. The summed E-state index contributed by atoms with van der Waals surface area (Å²) in [4.78, 5) is 48.3. The third-order valence-corrected chi connectivity index (χ3v) is 7.80. The number of hydrogen-bond donors (Lipinski definition) is 1. The van der Waals surface area contributed by atoms with Crippen molar-refractivity contribution >= 4 is 28.5 Å². The minimum atomic E-state index is -0.578. The molecule has 0 spiro atoms. The maximum atomic E-state index is 13.6. The smallest absolute Gasteiger partial charge is 0.295 e. The zero-order chi connectivity index (χ0) is 26.8. The summed E-state index contributed by atoms with van der Waals surface area (Å²) in [6.07, 6.45) is 4.09. The number of benzene rings is 2. The Bertz CT molecular complexity index is 1340. The van der Waals surface area contributed by atoms with Crippen molar-refractivity contribution in [3.63, 3.8) is 0 Å². The third-order valence-electron chi connectivity index (χ3n) is 7.80. The first kappa shape index (κ1) is 25.9. The van der Waals surface area contributed by atoms with Crippen molar-refractivity contribution < 1.29 is 23.5 Å². The molecule has 0 aliphatic carbocycles. The Morgan fingerprint density at radius 1 is 0.947 bits per heavy atom. The highest BCUT2D eigenvalue weighted by atomic mass is 19.1. The number of ether oxygens (including phenoxy) is 1. The Hall–Kier alpha value is -3.72. The summed E-state index contributed by atoms with van der Waals surface area (Å²) >= 11 is 0. The molecule has 2 aliphatic heterocycles. The van der Waals surface area contributed by atoms with E-state index in [1.807, 2.05) is 24.1 Å². The third kappa shape index (κ3) is 5.29. The van der Waals surface area contributed by atoms with Crippen LogP contribution < -0.4 is 4.74 Å². The number of methoxy groups -OCH3 is 1. The lowest BCUT2D eigenvalue weighted by Gasteiger charge is -2.32. The molecular weight excluding hydrogens is 487 g/mol. The lowest BCUT2D eigenvalue weighted by Crippen LogP contribution is -2.49. The van der Waals surface area contributed by atoms with Gasteiger partial charge < -0.3 is 24.4 Å². The summed E-state index contributed by atoms with van der Waals surface area (Å²) in [6.45, 7) is 3.68. The highest BCUT2D eigenvalue weighted by Gasteiger charge is 2.30. The molecule has 3 aromatic rings. The molecule has 3 heterocycles. The van der Waals surface area contributed by atoms with Crippen LogP contribution in [0.1, 0.15) is 39.1 Å². The molecule has 0 unspecified atom stereocenters. The number of carbonyl (C=O) groups is 3. The number of H-pyrrole nitrogens is 1. The second-order valence-corrected chi connectivity index (χ2v) is 10.3. The van der Waals surface area contributed by atoms with E-state index in [9.17, 15) is 18.8 Å². The predicted octanol–water partition coefficient (Wildman–Crippen LogP) is 3.37. The van der Waals surface area contributed by atoms with Gasteiger partial charge in [-0.1, -0.05) is 12.1 Å². The molecule has 2 amide bonds. The molecule has 0 bridgehead atoms. The lowest BCUT2D eigenvalue weighted by molar-refractivity contribution is -0.127. The molecule has 0 saturated carbocycles. The zero-order valence-electron chi connectivity index (χ0n) is 21.8. The molecule has 0 atom stereocenters. The Morgan fingerprint density at radius 2 is 1.63 bits per heavy atom. The number of piperidine rings is 1. The van der Waals surface area contributed by atoms with Gasteiger partial charge in [0.05, 0.1) is 18.2 Å². The maximum absolute atomic E-state index is 13.6. The van der Waals surface area contributed by atoms with Crippen LogP contribution in [0.5, 0.6) is 5.75 Å². The van der Waals surface area contributed by atoms with Crippen LogP contribution in [-0.4, -0.2) is 90.7 Å². The summed E-state index contributed by atoms with van der Waals surface area (Å²) in [6, 6.07) is 9.97. The van der Waals surface area contributed by atoms with Crippen molar-refractivity contribution in [3.8, 4) is 5.75 Å². The van der Waals surface area contributed by atoms with Gasteiger partial charge in [-0.15, -0.1) is 0 Å². The summed E-state index contributed by atoms with van der Waals surface area (Å²) in [7, 11) is 3.50. The van der Waals surface area contributed by atoms with E-state index in [4.69, 9.17) is 4.74 Å². The number of nitrogens with one attached hydrogen (secondary N) is 1. The number of carbonyl (C=O) groups excluding carboxylic acids is 3. The number of aromatic amines is 1. The average Bonchev–Trinajstić information content (AvgIpc) is 3.36. The van der Waals surface area contributed by atoms with E-state index in [0.717, 1.165) is 37.9 Å². The van der Waals surface area contributed by atoms with Gasteiger partial charge in [-0.25, -0.2) is 4.39 Å². The summed E-state index contributed by atoms with van der Waals surface area (Å²) in [5.41, 5.74) is 2.36. The number of aromatic nitrogens is 1. The molecule has 8 nitrogen and oxygen atoms in total. The second kappa shape index (κ2) is 10.9. The van der Waals surface area contributed by atoms with E-state index in [2.05, 4.69) is 9.88 Å². The fourth-order valence-corrected chi connectivity index (χ4v) is 5.41. The summed E-state index contributed by atoms with van der Waals surface area (Å²) in [5, 5.41) is 0.535. The second-order valence-electron chi connectivity index (χ2n) is 10.3. The first-order chi connectivity index (χ1) is 18.3. The van der Waals surface area contributed by atoms with Crippen LogP contribution >= 0.6 is 0 Å². The van der Waals surface area contributed by atoms with Crippen molar-refractivity contribution in [2.45, 2.75) is 19.3 Å². The Balaban J connectivity index is 1.31. The van der Waals surface area contributed by atoms with E-state index >= 15 is 0 Å². The molecule has 2 aromatic carbocycles. The molecule has 2 aliphatic rings. The van der Waals surface area contributed by atoms with Crippen molar-refractivity contribution in [2.75, 3.05) is 53.4 Å². The van der Waals surface area contributed by atoms with Gasteiger partial charge in [0.2, 0.25) is 0 Å². The SMILES string of the molecule is COc1cc2[nH]cc(C(=O)C(=O)N3CCN(C)CC3)c2cc1C(=O)N1CCC(Cc2ccc(F)cc2)CC1. The van der Waals surface area contributed by atoms with Crippen LogP contribution in [0.15, 0.2) is 42.6 Å². The van der Waals surface area contributed by atoms with E-state index in [-0.39, 0.29) is 17.3 Å². The number of amides is 2. The number of piperazine rings is 1. The zero-order valence-corrected chi connectivity index (χ0v) is 21.8. The Morgan fingerprint density at radius 3 is 2.29 bits per heavy atom. The summed E-state index contributed by atoms with van der Waals surface area (Å²) < 4.78 is 18.8. The highest BCUT2D eigenvalue weighted by Crippen LogP contribution is 2.31. The van der Waals surface area contributed by atoms with Gasteiger partial charge in [-0.2, -0.15) is 0 Å². The van der Waals surface area contributed by atoms with Gasteiger partial charge in [-0.3, -0.25) is 14.4 Å². The van der Waals surface area contributed by atoms with Crippen molar-refractivity contribution in [1.29, 1.82) is 0 Å². The molecule has 200 valence electrons. The lowest BCUT2D eigenvalue weighted by atomic mass is 9.90. The number of nitrogens with zero attached hydrogens (tertiary/aromatic N) is 3. The minimum Gasteiger partial charge on any atom is -0.496 e. The molecule has 5 rings (SSSR count). The molecule has 1 N–H and O–H groups in total. The molecule has 38 heavy (non-hydrogen) atoms. The molecule has 1 aromatic heterocycles. The van der Waals surface area contributed by atoms with E-state index < -0.39 is 11.7 Å². The summed E-state index contributed by atoms with van der Waals surface area (Å²) in [5.74, 6) is -0.660. The van der Waals surface area contributed by atoms with Gasteiger partial charge in [0, 0.05) is 62.4 Å². The maximum Gasteiger partial charge on any atom is 0.295 e. The number of halogens is 1. The van der Waals surface area contributed by atoms with Gasteiger partial charge in [-0.05, 0) is 56.0 Å². The van der Waals surface area contributed by atoms with Crippen LogP contribution in [0.2, 0.25) is 0 Å². The van der Waals surface area contributed by atoms with E-state index in [1.54, 1.807) is 17.0 Å². The van der Waals surface area contributed by atoms with Crippen molar-refractivity contribution in [2.24, 2.45) is 5.92 Å². The monoisotopic (exact) mass is 520 g/mol. The normalized spacial score (nSPS) is 17.1. The molecule has 2 saturated heterocycles. The number of likely N-dealkylation sites (tertiary alicyclic amines) is 1. The van der Waals surface area contributed by atoms with Crippen LogP contribution in [0, 0.1) is 11.7 Å². The van der Waals surface area contributed by atoms with Gasteiger partial charge >= 0.3 is 0 Å². The average molecular weight is 521 g/mol. The quantitative estimate of drug-likeness (QED) is 0.398. The molecule has 9 heteroatoms. The van der Waals surface area contributed by atoms with Gasteiger partial charge in [0.1, 0.15) is 11.6 Å². The van der Waals surface area contributed by atoms with Gasteiger partial charge in [0.25, 0.3) is 17.6 Å². The van der Waals surface area contributed by atoms with Gasteiger partial charge in [0.15, 0.2) is 0 Å². The van der Waals surface area contributed by atoms with Crippen LogP contribution in [0.25, 0.3) is 10.9 Å². The number of rotatable bonds is 6. The Labute approximate surface area is 221 Å². The number of fused-ring (bicyclic) bond motifs is 1. The number of Topliss-reactive ketones (excluding diaryl/α,β-unsaturated/α-hetero) is 1. The first-order valence-corrected chi connectivity index (χ1v) is 13.1. The van der Waals surface area contributed by atoms with Crippen molar-refractivity contribution in [1.82, 2.24) is 19.7 Å². The van der Waals surface area contributed by atoms with E-state index in [1.165, 1.54) is 25.4 Å². The number of likely N-dealkylation sites (N-methyl/N-ethyl adjacent to an activating group) is 1. The highest BCUT2D eigenvalue weighted by molar-refractivity contribution is 6.45. The van der Waals surface area contributed by atoms with Crippen molar-refractivity contribution in [3.05, 3.63) is 65.1 Å². The predicted molar refractivity (Wildman–Crippen MR) is 142 cm³/mol. The van der Waals surface area contributed by atoms with Crippen LogP contribution in [0.4, 0.5) is 4.39 Å². The topological polar surface area (TPSA) is 86.0 Å².